The summed E-state index contributed by atoms with van der Waals surface area (Å²) in [5.74, 6) is 0. The molecule has 0 aliphatic heterocycles. The van der Waals surface area contributed by atoms with E-state index >= 15 is 0 Å². The van der Waals surface area contributed by atoms with Crippen LogP contribution in [0.5, 0.6) is 0 Å². The maximum Gasteiger partial charge on any atom is 0.136 e. The van der Waals surface area contributed by atoms with E-state index in [-0.39, 0.29) is 0 Å². The van der Waals surface area contributed by atoms with Crippen LogP contribution in [0.2, 0.25) is 0 Å². The zero-order valence-corrected chi connectivity index (χ0v) is 21.8. The summed E-state index contributed by atoms with van der Waals surface area (Å²) < 4.78 is 6.27. The van der Waals surface area contributed by atoms with Crippen molar-refractivity contribution in [1.82, 2.24) is 0 Å². The van der Waals surface area contributed by atoms with Crippen LogP contribution in [0.4, 0.5) is 17.1 Å². The Morgan fingerprint density at radius 2 is 1.07 bits per heavy atom. The number of fused-ring (bicyclic) bond motifs is 6. The van der Waals surface area contributed by atoms with E-state index in [0.717, 1.165) is 39.0 Å². The van der Waals surface area contributed by atoms with Crippen molar-refractivity contribution in [2.24, 2.45) is 0 Å². The fourth-order valence-corrected chi connectivity index (χ4v) is 5.95. The van der Waals surface area contributed by atoms with Crippen molar-refractivity contribution in [2.75, 3.05) is 4.90 Å². The fraction of sp³-hybridized carbons (Fsp3) is 0. The molecule has 0 fully saturated rings. The van der Waals surface area contributed by atoms with Crippen molar-refractivity contribution >= 4 is 60.5 Å². The van der Waals surface area contributed by atoms with E-state index in [0.29, 0.717) is 0 Å². The van der Waals surface area contributed by atoms with Gasteiger partial charge in [0.2, 0.25) is 0 Å². The van der Waals surface area contributed by atoms with Crippen molar-refractivity contribution in [2.45, 2.75) is 0 Å². The zero-order chi connectivity index (χ0) is 26.5. The van der Waals surface area contributed by atoms with Crippen LogP contribution in [0.25, 0.3) is 54.6 Å². The highest BCUT2D eigenvalue weighted by atomic mass is 16.3. The van der Waals surface area contributed by atoms with Gasteiger partial charge in [-0.2, -0.15) is 0 Å². The molecule has 0 aliphatic rings. The summed E-state index contributed by atoms with van der Waals surface area (Å²) in [4.78, 5) is 2.36. The normalized spacial score (nSPS) is 11.5. The number of rotatable bonds is 4. The largest absolute Gasteiger partial charge is 0.456 e. The van der Waals surface area contributed by atoms with E-state index < -0.39 is 0 Å². The van der Waals surface area contributed by atoms with Crippen molar-refractivity contribution in [3.8, 4) is 11.1 Å². The summed E-state index contributed by atoms with van der Waals surface area (Å²) in [6.07, 6.45) is 0. The molecule has 0 saturated carbocycles. The average molecular weight is 512 g/mol. The summed E-state index contributed by atoms with van der Waals surface area (Å²) in [5, 5.41) is 7.11. The van der Waals surface area contributed by atoms with Crippen molar-refractivity contribution < 1.29 is 4.42 Å². The van der Waals surface area contributed by atoms with Gasteiger partial charge < -0.3 is 9.32 Å². The molecule has 0 radical (unpaired) electrons. The third kappa shape index (κ3) is 3.65. The van der Waals surface area contributed by atoms with E-state index in [9.17, 15) is 0 Å². The molecule has 0 unspecified atom stereocenters. The lowest BCUT2D eigenvalue weighted by Gasteiger charge is -2.27. The molecular formula is C38H25NO. The predicted molar refractivity (Wildman–Crippen MR) is 169 cm³/mol. The quantitative estimate of drug-likeness (QED) is 0.218. The van der Waals surface area contributed by atoms with Crippen molar-refractivity contribution in [1.29, 1.82) is 0 Å². The van der Waals surface area contributed by atoms with Gasteiger partial charge in [0.15, 0.2) is 0 Å². The molecule has 188 valence electrons. The molecule has 40 heavy (non-hydrogen) atoms. The molecule has 0 amide bonds. The molecule has 0 spiro atoms. The Bertz CT molecular complexity index is 2160. The highest BCUT2D eigenvalue weighted by Gasteiger charge is 2.17. The summed E-state index contributed by atoms with van der Waals surface area (Å²) in [5.41, 5.74) is 7.61. The van der Waals surface area contributed by atoms with Gasteiger partial charge in [-0.25, -0.2) is 0 Å². The Hall–Kier alpha value is -5.34. The molecule has 7 aromatic carbocycles. The number of anilines is 3. The Morgan fingerprint density at radius 1 is 0.375 bits per heavy atom. The minimum absolute atomic E-state index is 0.919. The minimum atomic E-state index is 0.919. The Balaban J connectivity index is 1.37. The molecule has 0 saturated heterocycles. The van der Waals surface area contributed by atoms with Crippen LogP contribution in [0, 0.1) is 0 Å². The summed E-state index contributed by atoms with van der Waals surface area (Å²) in [6.45, 7) is 0. The highest BCUT2D eigenvalue weighted by Crippen LogP contribution is 2.42. The second kappa shape index (κ2) is 9.14. The molecule has 1 aromatic heterocycles. The SMILES string of the molecule is c1ccc(-c2cccc(N(c3ccccc3)c3cccc4c3ccc3cc5c(cc34)oc3ccccc35)c2)cc1. The number of hydrogen-bond acceptors (Lipinski definition) is 2. The topological polar surface area (TPSA) is 16.4 Å². The maximum atomic E-state index is 6.27. The van der Waals surface area contributed by atoms with Gasteiger partial charge in [-0.15, -0.1) is 0 Å². The standard InChI is InChI=1S/C38H25NO/c1-3-11-26(12-4-1)27-13-9-16-30(23-27)39(29-14-5-2-6-15-29)36-19-10-18-31-32(36)22-21-28-24-35-33-17-7-8-20-37(33)40-38(35)25-34(28)31/h1-25H. The van der Waals surface area contributed by atoms with Crippen LogP contribution in [-0.2, 0) is 0 Å². The monoisotopic (exact) mass is 511 g/mol. The number of furan rings is 1. The van der Waals surface area contributed by atoms with Crippen LogP contribution in [0.15, 0.2) is 156 Å². The second-order valence-corrected chi connectivity index (χ2v) is 10.2. The van der Waals surface area contributed by atoms with Crippen LogP contribution < -0.4 is 4.90 Å². The molecule has 0 bridgehead atoms. The van der Waals surface area contributed by atoms with Crippen LogP contribution in [0.1, 0.15) is 0 Å². The van der Waals surface area contributed by atoms with E-state index in [1.54, 1.807) is 0 Å². The molecular weight excluding hydrogens is 486 g/mol. The Morgan fingerprint density at radius 3 is 1.95 bits per heavy atom. The van der Waals surface area contributed by atoms with Crippen LogP contribution >= 0.6 is 0 Å². The molecule has 1 heterocycles. The van der Waals surface area contributed by atoms with Gasteiger partial charge in [0.1, 0.15) is 11.2 Å². The third-order valence-electron chi connectivity index (χ3n) is 7.82. The summed E-state index contributed by atoms with van der Waals surface area (Å²) >= 11 is 0. The molecule has 0 N–H and O–H groups in total. The van der Waals surface area contributed by atoms with Gasteiger partial charge >= 0.3 is 0 Å². The lowest BCUT2D eigenvalue weighted by atomic mass is 9.98. The molecule has 8 rings (SSSR count). The molecule has 0 atom stereocenters. The third-order valence-corrected chi connectivity index (χ3v) is 7.82. The van der Waals surface area contributed by atoms with E-state index in [1.165, 1.54) is 32.7 Å². The first-order valence-corrected chi connectivity index (χ1v) is 13.6. The van der Waals surface area contributed by atoms with Gasteiger partial charge in [-0.05, 0) is 75.8 Å². The first-order chi connectivity index (χ1) is 19.8. The Labute approximate surface area is 232 Å². The van der Waals surface area contributed by atoms with E-state index in [1.807, 2.05) is 12.1 Å². The second-order valence-electron chi connectivity index (χ2n) is 10.2. The van der Waals surface area contributed by atoms with Gasteiger partial charge in [0.25, 0.3) is 0 Å². The molecule has 0 aliphatic carbocycles. The first-order valence-electron chi connectivity index (χ1n) is 13.6. The van der Waals surface area contributed by atoms with Gasteiger partial charge in [-0.1, -0.05) is 103 Å². The molecule has 2 heteroatoms. The number of nitrogens with zero attached hydrogens (tertiary/aromatic N) is 1. The molecule has 8 aromatic rings. The van der Waals surface area contributed by atoms with Crippen molar-refractivity contribution in [3.63, 3.8) is 0 Å². The summed E-state index contributed by atoms with van der Waals surface area (Å²) in [7, 11) is 0. The average Bonchev–Trinajstić information content (AvgIpc) is 3.39. The lowest BCUT2D eigenvalue weighted by molar-refractivity contribution is 0.669. The van der Waals surface area contributed by atoms with Crippen LogP contribution in [0.3, 0.4) is 0 Å². The van der Waals surface area contributed by atoms with Gasteiger partial charge in [0, 0.05) is 27.5 Å². The minimum Gasteiger partial charge on any atom is -0.456 e. The Kier molecular flexibility index (Phi) is 5.17. The zero-order valence-electron chi connectivity index (χ0n) is 21.8. The smallest absolute Gasteiger partial charge is 0.136 e. The van der Waals surface area contributed by atoms with Gasteiger partial charge in [-0.3, -0.25) is 0 Å². The van der Waals surface area contributed by atoms with Crippen LogP contribution in [-0.4, -0.2) is 0 Å². The first kappa shape index (κ1) is 22.6. The fourth-order valence-electron chi connectivity index (χ4n) is 5.95. The summed E-state index contributed by atoms with van der Waals surface area (Å²) in [6, 6.07) is 53.8. The van der Waals surface area contributed by atoms with E-state index in [2.05, 4.69) is 144 Å². The van der Waals surface area contributed by atoms with E-state index in [4.69, 9.17) is 4.42 Å². The lowest BCUT2D eigenvalue weighted by Crippen LogP contribution is -2.10. The highest BCUT2D eigenvalue weighted by molar-refractivity contribution is 6.18. The maximum absolute atomic E-state index is 6.27. The number of hydrogen-bond donors (Lipinski definition) is 0. The van der Waals surface area contributed by atoms with Gasteiger partial charge in [0.05, 0.1) is 5.69 Å². The van der Waals surface area contributed by atoms with Crippen molar-refractivity contribution in [3.05, 3.63) is 152 Å². The number of benzene rings is 7. The predicted octanol–water partition coefficient (Wildman–Crippen LogP) is 11.0. The number of para-hydroxylation sites is 2. The molecule has 2 nitrogen and oxygen atoms in total.